The Hall–Kier alpha value is -1.97. The van der Waals surface area contributed by atoms with Crippen LogP contribution in [-0.2, 0) is 5.54 Å². The molecule has 2 rings (SSSR count). The number of carbonyl (C=O) groups excluding carboxylic acids is 1. The van der Waals surface area contributed by atoms with Gasteiger partial charge in [-0.2, -0.15) is 5.10 Å². The maximum atomic E-state index is 13.3. The molecule has 0 unspecified atom stereocenters. The van der Waals surface area contributed by atoms with Gasteiger partial charge in [0.1, 0.15) is 5.82 Å². The van der Waals surface area contributed by atoms with Crippen molar-refractivity contribution in [1.29, 1.82) is 0 Å². The molecule has 0 fully saturated rings. The van der Waals surface area contributed by atoms with Gasteiger partial charge in [0, 0.05) is 5.56 Å². The molecule has 0 atom stereocenters. The fraction of sp³-hybridized carbons (Fsp3) is 0.286. The molecule has 0 bridgehead atoms. The van der Waals surface area contributed by atoms with Crippen LogP contribution in [0.1, 0.15) is 31.1 Å². The van der Waals surface area contributed by atoms with Crippen molar-refractivity contribution in [3.63, 3.8) is 0 Å². The molecule has 0 radical (unpaired) electrons. The van der Waals surface area contributed by atoms with Crippen molar-refractivity contribution in [2.45, 2.75) is 26.3 Å². The van der Waals surface area contributed by atoms with E-state index >= 15 is 0 Å². The largest absolute Gasteiger partial charge is 0.298 e. The summed E-state index contributed by atoms with van der Waals surface area (Å²) in [5.74, 6) is -0.328. The first-order chi connectivity index (χ1) is 8.43. The Morgan fingerprint density at radius 1 is 1.33 bits per heavy atom. The molecular formula is C14H15FN2O. The zero-order valence-electron chi connectivity index (χ0n) is 10.6. The smallest absolute Gasteiger partial charge is 0.153 e. The quantitative estimate of drug-likeness (QED) is 0.762. The summed E-state index contributed by atoms with van der Waals surface area (Å²) in [5, 5.41) is 4.23. The van der Waals surface area contributed by atoms with E-state index in [4.69, 9.17) is 0 Å². The molecule has 3 nitrogen and oxygen atoms in total. The van der Waals surface area contributed by atoms with Crippen LogP contribution in [0, 0.1) is 5.82 Å². The summed E-state index contributed by atoms with van der Waals surface area (Å²) in [6.07, 6.45) is 2.26. The lowest BCUT2D eigenvalue weighted by molar-refractivity contribution is 0.112. The number of hydrogen-bond acceptors (Lipinski definition) is 2. The van der Waals surface area contributed by atoms with E-state index in [2.05, 4.69) is 5.10 Å². The van der Waals surface area contributed by atoms with Crippen LogP contribution in [0.3, 0.4) is 0 Å². The lowest BCUT2D eigenvalue weighted by atomic mass is 10.0. The molecule has 0 saturated heterocycles. The zero-order chi connectivity index (χ0) is 13.3. The number of nitrogens with zero attached hydrogens (tertiary/aromatic N) is 2. The summed E-state index contributed by atoms with van der Waals surface area (Å²) in [5.41, 5.74) is 1.50. The molecule has 1 aromatic carbocycles. The standard InChI is InChI=1S/C14H15FN2O/c1-14(2,3)17-13(11(9-18)8-16-17)10-5-4-6-12(15)7-10/h4-9H,1-3H3. The van der Waals surface area contributed by atoms with E-state index in [9.17, 15) is 9.18 Å². The molecule has 0 amide bonds. The van der Waals surface area contributed by atoms with Crippen molar-refractivity contribution in [2.24, 2.45) is 0 Å². The highest BCUT2D eigenvalue weighted by Crippen LogP contribution is 2.28. The first kappa shape index (κ1) is 12.5. The van der Waals surface area contributed by atoms with Crippen LogP contribution >= 0.6 is 0 Å². The average molecular weight is 246 g/mol. The Kier molecular flexibility index (Phi) is 3.03. The van der Waals surface area contributed by atoms with Gasteiger partial charge in [0.25, 0.3) is 0 Å². The van der Waals surface area contributed by atoms with Gasteiger partial charge in [-0.25, -0.2) is 4.39 Å². The van der Waals surface area contributed by atoms with Crippen LogP contribution in [0.15, 0.2) is 30.5 Å². The maximum Gasteiger partial charge on any atom is 0.153 e. The van der Waals surface area contributed by atoms with Crippen LogP contribution < -0.4 is 0 Å². The molecule has 1 heterocycles. The third-order valence-corrected chi connectivity index (χ3v) is 2.66. The third-order valence-electron chi connectivity index (χ3n) is 2.66. The molecule has 0 aliphatic carbocycles. The second kappa shape index (κ2) is 4.37. The SMILES string of the molecule is CC(C)(C)n1ncc(C=O)c1-c1cccc(F)c1. The molecule has 0 aliphatic rings. The van der Waals surface area contributed by atoms with Crippen LogP contribution in [0.4, 0.5) is 4.39 Å². The van der Waals surface area contributed by atoms with Gasteiger partial charge in [0.15, 0.2) is 6.29 Å². The normalized spacial score (nSPS) is 11.6. The lowest BCUT2D eigenvalue weighted by Crippen LogP contribution is -2.24. The minimum absolute atomic E-state index is 0.275. The Balaban J connectivity index is 2.68. The summed E-state index contributed by atoms with van der Waals surface area (Å²) in [6, 6.07) is 6.18. The van der Waals surface area contributed by atoms with E-state index in [0.717, 1.165) is 6.29 Å². The summed E-state index contributed by atoms with van der Waals surface area (Å²) in [7, 11) is 0. The number of aromatic nitrogens is 2. The summed E-state index contributed by atoms with van der Waals surface area (Å²) < 4.78 is 15.0. The van der Waals surface area contributed by atoms with Crippen molar-refractivity contribution >= 4 is 6.29 Å². The molecule has 0 saturated carbocycles. The molecule has 18 heavy (non-hydrogen) atoms. The highest BCUT2D eigenvalue weighted by molar-refractivity contribution is 5.85. The van der Waals surface area contributed by atoms with Crippen LogP contribution in [0.25, 0.3) is 11.3 Å². The fourth-order valence-electron chi connectivity index (χ4n) is 1.88. The van der Waals surface area contributed by atoms with Gasteiger partial charge in [-0.05, 0) is 32.9 Å². The summed E-state index contributed by atoms with van der Waals surface area (Å²) in [4.78, 5) is 11.1. The van der Waals surface area contributed by atoms with Crippen LogP contribution in [0.5, 0.6) is 0 Å². The van der Waals surface area contributed by atoms with Crippen molar-refractivity contribution in [3.05, 3.63) is 41.8 Å². The second-order valence-electron chi connectivity index (χ2n) is 5.16. The lowest BCUT2D eigenvalue weighted by Gasteiger charge is -2.22. The van der Waals surface area contributed by atoms with Gasteiger partial charge in [-0.1, -0.05) is 12.1 Å². The molecule has 94 valence electrons. The van der Waals surface area contributed by atoms with Crippen molar-refractivity contribution in [1.82, 2.24) is 9.78 Å². The molecule has 0 aliphatic heterocycles. The summed E-state index contributed by atoms with van der Waals surface area (Å²) >= 11 is 0. The van der Waals surface area contributed by atoms with E-state index in [0.29, 0.717) is 16.8 Å². The van der Waals surface area contributed by atoms with Gasteiger partial charge < -0.3 is 0 Å². The van der Waals surface area contributed by atoms with Gasteiger partial charge in [-0.15, -0.1) is 0 Å². The number of carbonyl (C=O) groups is 1. The number of hydrogen-bond donors (Lipinski definition) is 0. The van der Waals surface area contributed by atoms with Crippen molar-refractivity contribution in [3.8, 4) is 11.3 Å². The molecule has 4 heteroatoms. The predicted octanol–water partition coefficient (Wildman–Crippen LogP) is 3.26. The van der Waals surface area contributed by atoms with Gasteiger partial charge in [-0.3, -0.25) is 9.48 Å². The molecule has 0 spiro atoms. The minimum Gasteiger partial charge on any atom is -0.298 e. The monoisotopic (exact) mass is 246 g/mol. The van der Waals surface area contributed by atoms with Crippen molar-refractivity contribution < 1.29 is 9.18 Å². The van der Waals surface area contributed by atoms with Gasteiger partial charge in [0.2, 0.25) is 0 Å². The Labute approximate surface area is 105 Å². The third kappa shape index (κ3) is 2.18. The van der Waals surface area contributed by atoms with E-state index in [1.807, 2.05) is 20.8 Å². The number of rotatable bonds is 2. The number of halogens is 1. The van der Waals surface area contributed by atoms with Crippen LogP contribution in [-0.4, -0.2) is 16.1 Å². The van der Waals surface area contributed by atoms with E-state index in [1.165, 1.54) is 18.3 Å². The molecule has 1 aromatic heterocycles. The zero-order valence-corrected chi connectivity index (χ0v) is 10.6. The summed E-state index contributed by atoms with van der Waals surface area (Å²) in [6.45, 7) is 5.95. The average Bonchev–Trinajstić information content (AvgIpc) is 2.72. The molecule has 2 aromatic rings. The van der Waals surface area contributed by atoms with E-state index in [1.54, 1.807) is 16.8 Å². The Bertz CT molecular complexity index is 582. The second-order valence-corrected chi connectivity index (χ2v) is 5.16. The van der Waals surface area contributed by atoms with Gasteiger partial charge >= 0.3 is 0 Å². The fourth-order valence-corrected chi connectivity index (χ4v) is 1.88. The first-order valence-electron chi connectivity index (χ1n) is 5.73. The predicted molar refractivity (Wildman–Crippen MR) is 68.0 cm³/mol. The first-order valence-corrected chi connectivity index (χ1v) is 5.73. The number of benzene rings is 1. The van der Waals surface area contributed by atoms with Gasteiger partial charge in [0.05, 0.1) is 23.0 Å². The van der Waals surface area contributed by atoms with Crippen molar-refractivity contribution in [2.75, 3.05) is 0 Å². The Morgan fingerprint density at radius 3 is 2.61 bits per heavy atom. The molecule has 0 N–H and O–H groups in total. The molecular weight excluding hydrogens is 231 g/mol. The number of aldehydes is 1. The minimum atomic E-state index is -0.328. The topological polar surface area (TPSA) is 34.9 Å². The van der Waals surface area contributed by atoms with E-state index in [-0.39, 0.29) is 11.4 Å². The highest BCUT2D eigenvalue weighted by atomic mass is 19.1. The maximum absolute atomic E-state index is 13.3. The van der Waals surface area contributed by atoms with E-state index < -0.39 is 0 Å². The van der Waals surface area contributed by atoms with Crippen LogP contribution in [0.2, 0.25) is 0 Å². The highest BCUT2D eigenvalue weighted by Gasteiger charge is 2.21. The Morgan fingerprint density at radius 2 is 2.06 bits per heavy atom.